The van der Waals surface area contributed by atoms with Crippen LogP contribution in [0.15, 0.2) is 48.5 Å². The van der Waals surface area contributed by atoms with Crippen LogP contribution in [0, 0.1) is 6.92 Å². The van der Waals surface area contributed by atoms with Gasteiger partial charge in [0.1, 0.15) is 5.82 Å². The third kappa shape index (κ3) is 3.38. The molecule has 6 heteroatoms. The third-order valence-corrected chi connectivity index (χ3v) is 5.12. The third-order valence-electron chi connectivity index (χ3n) is 5.12. The number of hydrogen-bond acceptors (Lipinski definition) is 4. The van der Waals surface area contributed by atoms with Crippen molar-refractivity contribution in [2.75, 3.05) is 13.1 Å². The Labute approximate surface area is 163 Å². The second kappa shape index (κ2) is 7.46. The minimum atomic E-state index is -0.787. The standard InChI is InChI=1S/C22H23N3O3/c1-15(21(26)24-12-6-7-13-24)28-22(27)17-10-11-20-19(14-17)23-16(2)25(20)18-8-4-3-5-9-18/h3-5,8-11,14-15H,6-7,12-13H2,1-2H3/t15-/m0/s1. The van der Waals surface area contributed by atoms with E-state index in [4.69, 9.17) is 4.74 Å². The maximum absolute atomic E-state index is 12.6. The highest BCUT2D eigenvalue weighted by Gasteiger charge is 2.26. The first kappa shape index (κ1) is 18.2. The predicted octanol–water partition coefficient (Wildman–Crippen LogP) is 3.50. The van der Waals surface area contributed by atoms with Crippen LogP contribution < -0.4 is 0 Å². The second-order valence-corrected chi connectivity index (χ2v) is 7.11. The highest BCUT2D eigenvalue weighted by atomic mass is 16.5. The Hall–Kier alpha value is -3.15. The molecule has 2 heterocycles. The number of benzene rings is 2. The van der Waals surface area contributed by atoms with Gasteiger partial charge in [-0.05, 0) is 57.0 Å². The summed E-state index contributed by atoms with van der Waals surface area (Å²) < 4.78 is 7.46. The minimum Gasteiger partial charge on any atom is -0.449 e. The maximum atomic E-state index is 12.6. The molecule has 2 aromatic carbocycles. The van der Waals surface area contributed by atoms with E-state index in [0.29, 0.717) is 11.1 Å². The largest absolute Gasteiger partial charge is 0.449 e. The molecule has 0 unspecified atom stereocenters. The SMILES string of the molecule is Cc1nc2cc(C(=O)O[C@@H](C)C(=O)N3CCCC3)ccc2n1-c1ccccc1. The van der Waals surface area contributed by atoms with E-state index in [1.54, 1.807) is 24.0 Å². The Morgan fingerprint density at radius 3 is 2.50 bits per heavy atom. The number of amides is 1. The number of aryl methyl sites for hydroxylation is 1. The number of carbonyl (C=O) groups is 2. The van der Waals surface area contributed by atoms with Crippen molar-refractivity contribution in [2.24, 2.45) is 0 Å². The number of ether oxygens (including phenoxy) is 1. The zero-order valence-electron chi connectivity index (χ0n) is 16.1. The number of rotatable bonds is 4. The Bertz CT molecular complexity index is 1020. The van der Waals surface area contributed by atoms with Crippen molar-refractivity contribution in [1.29, 1.82) is 0 Å². The zero-order chi connectivity index (χ0) is 19.7. The molecule has 1 saturated heterocycles. The highest BCUT2D eigenvalue weighted by Crippen LogP contribution is 2.23. The monoisotopic (exact) mass is 377 g/mol. The first-order valence-corrected chi connectivity index (χ1v) is 9.59. The highest BCUT2D eigenvalue weighted by molar-refractivity contribution is 5.95. The number of fused-ring (bicyclic) bond motifs is 1. The molecule has 1 aromatic heterocycles. The number of nitrogens with zero attached hydrogens (tertiary/aromatic N) is 3. The van der Waals surface area contributed by atoms with Crippen LogP contribution in [0.4, 0.5) is 0 Å². The van der Waals surface area contributed by atoms with Crippen LogP contribution in [0.5, 0.6) is 0 Å². The Balaban J connectivity index is 1.56. The molecule has 1 aliphatic heterocycles. The minimum absolute atomic E-state index is 0.129. The van der Waals surface area contributed by atoms with Gasteiger partial charge in [-0.1, -0.05) is 18.2 Å². The van der Waals surface area contributed by atoms with Gasteiger partial charge in [-0.15, -0.1) is 0 Å². The molecular weight excluding hydrogens is 354 g/mol. The number of hydrogen-bond donors (Lipinski definition) is 0. The van der Waals surface area contributed by atoms with Gasteiger partial charge in [0.05, 0.1) is 16.6 Å². The van der Waals surface area contributed by atoms with Crippen LogP contribution in [-0.4, -0.2) is 45.5 Å². The van der Waals surface area contributed by atoms with Gasteiger partial charge in [-0.25, -0.2) is 9.78 Å². The maximum Gasteiger partial charge on any atom is 0.338 e. The molecule has 1 aliphatic rings. The van der Waals surface area contributed by atoms with E-state index in [2.05, 4.69) is 4.98 Å². The number of aromatic nitrogens is 2. The lowest BCUT2D eigenvalue weighted by Crippen LogP contribution is -2.38. The average Bonchev–Trinajstić information content (AvgIpc) is 3.34. The van der Waals surface area contributed by atoms with E-state index in [0.717, 1.165) is 43.0 Å². The number of imidazole rings is 1. The molecular formula is C22H23N3O3. The number of carbonyl (C=O) groups excluding carboxylic acids is 2. The van der Waals surface area contributed by atoms with Crippen molar-refractivity contribution in [3.05, 3.63) is 59.9 Å². The first-order valence-electron chi connectivity index (χ1n) is 9.59. The van der Waals surface area contributed by atoms with Gasteiger partial charge in [-0.3, -0.25) is 9.36 Å². The fourth-order valence-electron chi connectivity index (χ4n) is 3.70. The molecule has 0 N–H and O–H groups in total. The van der Waals surface area contributed by atoms with Crippen LogP contribution >= 0.6 is 0 Å². The van der Waals surface area contributed by atoms with E-state index >= 15 is 0 Å². The topological polar surface area (TPSA) is 64.4 Å². The molecule has 1 atom stereocenters. The van der Waals surface area contributed by atoms with Gasteiger partial charge in [0.25, 0.3) is 5.91 Å². The smallest absolute Gasteiger partial charge is 0.338 e. The molecule has 0 aliphatic carbocycles. The molecule has 0 saturated carbocycles. The lowest BCUT2D eigenvalue weighted by molar-refractivity contribution is -0.138. The van der Waals surface area contributed by atoms with E-state index < -0.39 is 12.1 Å². The molecule has 4 rings (SSSR count). The summed E-state index contributed by atoms with van der Waals surface area (Å²) in [4.78, 5) is 31.3. The molecule has 6 nitrogen and oxygen atoms in total. The normalized spacial score (nSPS) is 15.0. The van der Waals surface area contributed by atoms with E-state index in [9.17, 15) is 9.59 Å². The van der Waals surface area contributed by atoms with Crippen molar-refractivity contribution in [3.63, 3.8) is 0 Å². The van der Waals surface area contributed by atoms with Gasteiger partial charge >= 0.3 is 5.97 Å². The molecule has 1 amide bonds. The van der Waals surface area contributed by atoms with Gasteiger partial charge in [-0.2, -0.15) is 0 Å². The van der Waals surface area contributed by atoms with Crippen LogP contribution in [0.1, 0.15) is 35.9 Å². The van der Waals surface area contributed by atoms with Crippen LogP contribution in [0.25, 0.3) is 16.7 Å². The summed E-state index contributed by atoms with van der Waals surface area (Å²) in [6, 6.07) is 15.3. The zero-order valence-corrected chi connectivity index (χ0v) is 16.1. The van der Waals surface area contributed by atoms with E-state index in [-0.39, 0.29) is 5.91 Å². The fraction of sp³-hybridized carbons (Fsp3) is 0.318. The molecule has 0 spiro atoms. The molecule has 28 heavy (non-hydrogen) atoms. The average molecular weight is 377 g/mol. The van der Waals surface area contributed by atoms with Crippen molar-refractivity contribution in [2.45, 2.75) is 32.8 Å². The van der Waals surface area contributed by atoms with Gasteiger partial charge in [0, 0.05) is 18.8 Å². The number of esters is 1. The van der Waals surface area contributed by atoms with Crippen molar-refractivity contribution in [1.82, 2.24) is 14.5 Å². The quantitative estimate of drug-likeness (QED) is 0.653. The lowest BCUT2D eigenvalue weighted by Gasteiger charge is -2.20. The van der Waals surface area contributed by atoms with Crippen LogP contribution in [0.2, 0.25) is 0 Å². The molecule has 0 bridgehead atoms. The Morgan fingerprint density at radius 1 is 1.07 bits per heavy atom. The summed E-state index contributed by atoms with van der Waals surface area (Å²) in [5, 5.41) is 0. The number of likely N-dealkylation sites (tertiary alicyclic amines) is 1. The summed E-state index contributed by atoms with van der Waals surface area (Å²) in [6.45, 7) is 5.04. The molecule has 3 aromatic rings. The van der Waals surface area contributed by atoms with Gasteiger partial charge in [0.2, 0.25) is 0 Å². The van der Waals surface area contributed by atoms with Gasteiger partial charge in [0.15, 0.2) is 6.10 Å². The summed E-state index contributed by atoms with van der Waals surface area (Å²) in [6.07, 6.45) is 1.23. The molecule has 144 valence electrons. The summed E-state index contributed by atoms with van der Waals surface area (Å²) in [5.41, 5.74) is 3.05. The van der Waals surface area contributed by atoms with Crippen molar-refractivity contribution >= 4 is 22.9 Å². The summed E-state index contributed by atoms with van der Waals surface area (Å²) in [5.74, 6) is 0.203. The predicted molar refractivity (Wildman–Crippen MR) is 106 cm³/mol. The second-order valence-electron chi connectivity index (χ2n) is 7.11. The Morgan fingerprint density at radius 2 is 1.79 bits per heavy atom. The van der Waals surface area contributed by atoms with Crippen LogP contribution in [-0.2, 0) is 9.53 Å². The summed E-state index contributed by atoms with van der Waals surface area (Å²) in [7, 11) is 0. The molecule has 0 radical (unpaired) electrons. The van der Waals surface area contributed by atoms with Crippen molar-refractivity contribution in [3.8, 4) is 5.69 Å². The lowest BCUT2D eigenvalue weighted by atomic mass is 10.2. The summed E-state index contributed by atoms with van der Waals surface area (Å²) >= 11 is 0. The van der Waals surface area contributed by atoms with E-state index in [1.807, 2.05) is 47.9 Å². The van der Waals surface area contributed by atoms with Gasteiger partial charge < -0.3 is 9.64 Å². The number of para-hydroxylation sites is 1. The fourth-order valence-corrected chi connectivity index (χ4v) is 3.70. The van der Waals surface area contributed by atoms with Crippen molar-refractivity contribution < 1.29 is 14.3 Å². The van der Waals surface area contributed by atoms with E-state index in [1.165, 1.54) is 0 Å². The first-order chi connectivity index (χ1) is 13.5. The molecule has 1 fully saturated rings. The van der Waals surface area contributed by atoms with Crippen LogP contribution in [0.3, 0.4) is 0 Å². The Kier molecular flexibility index (Phi) is 4.86.